The molecule has 0 spiro atoms. The maximum Gasteiger partial charge on any atom is 0.268 e. The van der Waals surface area contributed by atoms with Crippen LogP contribution >= 0.6 is 0 Å². The summed E-state index contributed by atoms with van der Waals surface area (Å²) in [4.78, 5) is 16.0. The van der Waals surface area contributed by atoms with Crippen LogP contribution in [0.2, 0.25) is 0 Å². The molecule has 27 heavy (non-hydrogen) atoms. The first-order chi connectivity index (χ1) is 13.2. The van der Waals surface area contributed by atoms with Crippen LogP contribution in [-0.4, -0.2) is 18.0 Å². The van der Waals surface area contributed by atoms with E-state index in [1.807, 2.05) is 24.3 Å². The number of ether oxygens (including phenoxy) is 1. The third kappa shape index (κ3) is 3.57. The molecule has 0 radical (unpaired) electrons. The number of fused-ring (bicyclic) bond motifs is 2. The summed E-state index contributed by atoms with van der Waals surface area (Å²) < 4.78 is 5.26. The molecular formula is C23H26N2O2. The summed E-state index contributed by atoms with van der Waals surface area (Å²) in [5.41, 5.74) is 5.63. The van der Waals surface area contributed by atoms with E-state index >= 15 is 0 Å². The van der Waals surface area contributed by atoms with E-state index in [2.05, 4.69) is 35.4 Å². The van der Waals surface area contributed by atoms with Crippen molar-refractivity contribution in [1.82, 2.24) is 10.3 Å². The molecule has 1 unspecified atom stereocenters. The molecule has 1 aliphatic carbocycles. The molecule has 0 aliphatic heterocycles. The van der Waals surface area contributed by atoms with Crippen molar-refractivity contribution in [2.24, 2.45) is 0 Å². The number of hydrogen-bond acceptors (Lipinski definition) is 2. The summed E-state index contributed by atoms with van der Waals surface area (Å²) >= 11 is 0. The normalized spacial score (nSPS) is 14.6. The van der Waals surface area contributed by atoms with Crippen LogP contribution < -0.4 is 10.1 Å². The van der Waals surface area contributed by atoms with Gasteiger partial charge in [0.15, 0.2) is 0 Å². The van der Waals surface area contributed by atoms with Gasteiger partial charge in [0.05, 0.1) is 13.2 Å². The second-order valence-corrected chi connectivity index (χ2v) is 7.31. The molecule has 0 saturated heterocycles. The van der Waals surface area contributed by atoms with E-state index in [4.69, 9.17) is 4.74 Å². The predicted molar refractivity (Wildman–Crippen MR) is 108 cm³/mol. The average molecular weight is 362 g/mol. The number of methoxy groups -OCH3 is 1. The van der Waals surface area contributed by atoms with Crippen LogP contribution in [0.1, 0.15) is 59.4 Å². The molecule has 140 valence electrons. The van der Waals surface area contributed by atoms with Crippen molar-refractivity contribution in [1.29, 1.82) is 0 Å². The first kappa shape index (κ1) is 17.7. The van der Waals surface area contributed by atoms with Gasteiger partial charge < -0.3 is 15.0 Å². The summed E-state index contributed by atoms with van der Waals surface area (Å²) in [5.74, 6) is 0.712. The minimum absolute atomic E-state index is 0.0191. The monoisotopic (exact) mass is 362 g/mol. The van der Waals surface area contributed by atoms with Gasteiger partial charge >= 0.3 is 0 Å². The zero-order valence-corrected chi connectivity index (χ0v) is 16.0. The van der Waals surface area contributed by atoms with Gasteiger partial charge in [0.1, 0.15) is 11.4 Å². The van der Waals surface area contributed by atoms with Gasteiger partial charge in [0.25, 0.3) is 5.91 Å². The van der Waals surface area contributed by atoms with Crippen LogP contribution in [0.4, 0.5) is 0 Å². The molecule has 4 rings (SSSR count). The van der Waals surface area contributed by atoms with Gasteiger partial charge in [-0.25, -0.2) is 0 Å². The lowest BCUT2D eigenvalue weighted by Crippen LogP contribution is -2.28. The predicted octanol–water partition coefficient (Wildman–Crippen LogP) is 4.94. The molecule has 0 saturated carbocycles. The Kier molecular flexibility index (Phi) is 4.88. The molecule has 4 nitrogen and oxygen atoms in total. The van der Waals surface area contributed by atoms with Crippen LogP contribution in [0.25, 0.3) is 10.9 Å². The van der Waals surface area contributed by atoms with E-state index in [-0.39, 0.29) is 11.9 Å². The number of H-pyrrole nitrogens is 1. The molecule has 2 aromatic carbocycles. The zero-order valence-electron chi connectivity index (χ0n) is 16.0. The van der Waals surface area contributed by atoms with Gasteiger partial charge in [-0.3, -0.25) is 4.79 Å². The Morgan fingerprint density at radius 1 is 1.11 bits per heavy atom. The van der Waals surface area contributed by atoms with E-state index in [0.29, 0.717) is 5.69 Å². The molecule has 0 bridgehead atoms. The summed E-state index contributed by atoms with van der Waals surface area (Å²) in [6, 6.07) is 14.4. The maximum absolute atomic E-state index is 12.8. The highest BCUT2D eigenvalue weighted by Gasteiger charge is 2.18. The van der Waals surface area contributed by atoms with Crippen molar-refractivity contribution in [2.75, 3.05) is 7.11 Å². The lowest BCUT2D eigenvalue weighted by Gasteiger charge is -2.21. The van der Waals surface area contributed by atoms with Gasteiger partial charge in [-0.2, -0.15) is 0 Å². The topological polar surface area (TPSA) is 54.1 Å². The van der Waals surface area contributed by atoms with Crippen molar-refractivity contribution in [3.05, 3.63) is 64.8 Å². The fourth-order valence-corrected chi connectivity index (χ4v) is 3.99. The summed E-state index contributed by atoms with van der Waals surface area (Å²) in [5, 5.41) is 4.17. The molecule has 3 aromatic rings. The second-order valence-electron chi connectivity index (χ2n) is 7.31. The Bertz CT molecular complexity index is 974. The summed E-state index contributed by atoms with van der Waals surface area (Å²) in [6.45, 7) is 2.11. The minimum Gasteiger partial charge on any atom is -0.497 e. The van der Waals surface area contributed by atoms with E-state index < -0.39 is 0 Å². The number of carbonyl (C=O) groups is 1. The van der Waals surface area contributed by atoms with Crippen molar-refractivity contribution in [3.63, 3.8) is 0 Å². The number of rotatable bonds is 5. The lowest BCUT2D eigenvalue weighted by molar-refractivity contribution is 0.0931. The Morgan fingerprint density at radius 2 is 1.93 bits per heavy atom. The van der Waals surface area contributed by atoms with Crippen LogP contribution in [0.5, 0.6) is 5.75 Å². The number of benzene rings is 2. The summed E-state index contributed by atoms with van der Waals surface area (Å²) in [7, 11) is 1.64. The molecule has 4 heteroatoms. The van der Waals surface area contributed by atoms with Gasteiger partial charge in [-0.05, 0) is 73.1 Å². The van der Waals surface area contributed by atoms with Gasteiger partial charge in [0.2, 0.25) is 0 Å². The quantitative estimate of drug-likeness (QED) is 0.676. The molecule has 2 N–H and O–H groups in total. The van der Waals surface area contributed by atoms with Crippen LogP contribution in [0.3, 0.4) is 0 Å². The Hall–Kier alpha value is -2.75. The number of amides is 1. The van der Waals surface area contributed by atoms with Gasteiger partial charge in [-0.1, -0.05) is 25.1 Å². The third-order valence-corrected chi connectivity index (χ3v) is 5.56. The fraction of sp³-hybridized carbons (Fsp3) is 0.348. The molecule has 1 amide bonds. The standard InChI is InChI=1S/C23H26N2O2/c1-3-20(17-9-8-15-6-4-5-7-16(15)12-17)25-23(26)22-14-18-13-19(27-2)10-11-21(18)24-22/h8-14,20,24H,3-7H2,1-2H3,(H,25,26). The molecule has 1 heterocycles. The number of aromatic nitrogens is 1. The minimum atomic E-state index is -0.0743. The number of hydrogen-bond donors (Lipinski definition) is 2. The largest absolute Gasteiger partial charge is 0.497 e. The van der Waals surface area contributed by atoms with E-state index in [1.165, 1.54) is 36.0 Å². The molecular weight excluding hydrogens is 336 g/mol. The van der Waals surface area contributed by atoms with Gasteiger partial charge in [-0.15, -0.1) is 0 Å². The van der Waals surface area contributed by atoms with Crippen LogP contribution in [0, 0.1) is 0 Å². The van der Waals surface area contributed by atoms with Crippen molar-refractivity contribution in [2.45, 2.75) is 45.1 Å². The highest BCUT2D eigenvalue weighted by molar-refractivity contribution is 5.98. The first-order valence-corrected chi connectivity index (χ1v) is 9.77. The SMILES string of the molecule is CCC(NC(=O)c1cc2cc(OC)ccc2[nH]1)c1ccc2c(c1)CCCC2. The summed E-state index contributed by atoms with van der Waals surface area (Å²) in [6.07, 6.45) is 5.73. The smallest absolute Gasteiger partial charge is 0.268 e. The van der Waals surface area contributed by atoms with Gasteiger partial charge in [0, 0.05) is 10.9 Å². The fourth-order valence-electron chi connectivity index (χ4n) is 3.99. The van der Waals surface area contributed by atoms with E-state index in [9.17, 15) is 4.79 Å². The molecule has 1 aliphatic rings. The third-order valence-electron chi connectivity index (χ3n) is 5.56. The molecule has 1 aromatic heterocycles. The number of carbonyl (C=O) groups excluding carboxylic acids is 1. The molecule has 1 atom stereocenters. The van der Waals surface area contributed by atoms with Crippen molar-refractivity contribution < 1.29 is 9.53 Å². The molecule has 0 fully saturated rings. The van der Waals surface area contributed by atoms with Crippen LogP contribution in [0.15, 0.2) is 42.5 Å². The van der Waals surface area contributed by atoms with Crippen molar-refractivity contribution >= 4 is 16.8 Å². The second kappa shape index (κ2) is 7.47. The average Bonchev–Trinajstić information content (AvgIpc) is 3.14. The zero-order chi connectivity index (χ0) is 18.8. The van der Waals surface area contributed by atoms with Crippen LogP contribution in [-0.2, 0) is 12.8 Å². The number of aromatic amines is 1. The first-order valence-electron chi connectivity index (χ1n) is 9.77. The Balaban J connectivity index is 1.55. The number of nitrogens with one attached hydrogen (secondary N) is 2. The Labute approximate surface area is 159 Å². The van der Waals surface area contributed by atoms with E-state index in [1.54, 1.807) is 7.11 Å². The number of aryl methyl sites for hydroxylation is 2. The van der Waals surface area contributed by atoms with E-state index in [0.717, 1.165) is 29.5 Å². The Morgan fingerprint density at radius 3 is 2.70 bits per heavy atom. The maximum atomic E-state index is 12.8. The lowest BCUT2D eigenvalue weighted by atomic mass is 9.89. The highest BCUT2D eigenvalue weighted by Crippen LogP contribution is 2.27. The highest BCUT2D eigenvalue weighted by atomic mass is 16.5. The van der Waals surface area contributed by atoms with Crippen molar-refractivity contribution in [3.8, 4) is 5.75 Å².